The second kappa shape index (κ2) is 9.51. The third kappa shape index (κ3) is 5.33. The van der Waals surface area contributed by atoms with Gasteiger partial charge in [-0.15, -0.1) is 0 Å². The molecule has 1 amide bonds. The number of methoxy groups -OCH3 is 1. The summed E-state index contributed by atoms with van der Waals surface area (Å²) in [5.74, 6) is 2.35. The Labute approximate surface area is 179 Å². The highest BCUT2D eigenvalue weighted by atomic mass is 16.5. The minimum atomic E-state index is -0.433. The van der Waals surface area contributed by atoms with E-state index in [1.54, 1.807) is 13.3 Å². The fourth-order valence-corrected chi connectivity index (χ4v) is 3.68. The molecule has 1 aliphatic heterocycles. The molecule has 0 radical (unpaired) electrons. The quantitative estimate of drug-likeness (QED) is 0.738. The van der Waals surface area contributed by atoms with Crippen LogP contribution < -0.4 is 14.8 Å². The van der Waals surface area contributed by atoms with Crippen LogP contribution in [0.25, 0.3) is 0 Å². The fourth-order valence-electron chi connectivity index (χ4n) is 3.68. The van der Waals surface area contributed by atoms with E-state index in [1.807, 2.05) is 44.5 Å². The highest BCUT2D eigenvalue weighted by Crippen LogP contribution is 2.30. The number of ether oxygens (including phenoxy) is 2. The minimum Gasteiger partial charge on any atom is -0.493 e. The number of amides is 1. The number of benzene rings is 1. The summed E-state index contributed by atoms with van der Waals surface area (Å²) in [6, 6.07) is 8.31. The van der Waals surface area contributed by atoms with Crippen LogP contribution >= 0.6 is 0 Å². The van der Waals surface area contributed by atoms with Crippen molar-refractivity contribution in [2.75, 3.05) is 32.1 Å². The molecule has 7 nitrogen and oxygen atoms in total. The van der Waals surface area contributed by atoms with Crippen molar-refractivity contribution >= 4 is 11.7 Å². The average molecular weight is 415 g/mol. The van der Waals surface area contributed by atoms with Crippen LogP contribution in [-0.2, 0) is 11.3 Å². The number of carbonyl (C=O) groups is 1. The third-order valence-corrected chi connectivity index (χ3v) is 5.43. The Morgan fingerprint density at radius 2 is 1.93 bits per heavy atom. The molecule has 0 atom stereocenters. The summed E-state index contributed by atoms with van der Waals surface area (Å²) in [5.41, 5.74) is 0.784. The van der Waals surface area contributed by atoms with E-state index >= 15 is 0 Å². The number of likely N-dealkylation sites (tertiary alicyclic amines) is 1. The summed E-state index contributed by atoms with van der Waals surface area (Å²) in [4.78, 5) is 14.8. The Bertz CT molecular complexity index is 848. The highest BCUT2D eigenvalue weighted by Gasteiger charge is 2.26. The molecule has 2 heterocycles. The first kappa shape index (κ1) is 22.2. The summed E-state index contributed by atoms with van der Waals surface area (Å²) in [6.07, 6.45) is 3.75. The van der Waals surface area contributed by atoms with Gasteiger partial charge in [-0.1, -0.05) is 26.8 Å². The Hall–Kier alpha value is -2.54. The molecule has 1 fully saturated rings. The van der Waals surface area contributed by atoms with Gasteiger partial charge in [-0.25, -0.2) is 4.68 Å². The number of rotatable bonds is 7. The first-order valence-electron chi connectivity index (χ1n) is 10.7. The third-order valence-electron chi connectivity index (χ3n) is 5.43. The van der Waals surface area contributed by atoms with E-state index in [0.717, 1.165) is 49.8 Å². The zero-order valence-electron chi connectivity index (χ0n) is 18.8. The normalized spacial score (nSPS) is 15.8. The molecule has 0 unspecified atom stereocenters. The van der Waals surface area contributed by atoms with Crippen molar-refractivity contribution in [2.45, 2.75) is 53.1 Å². The monoisotopic (exact) mass is 414 g/mol. The Kier molecular flexibility index (Phi) is 7.02. The van der Waals surface area contributed by atoms with Gasteiger partial charge in [-0.3, -0.25) is 9.69 Å². The van der Waals surface area contributed by atoms with Crippen molar-refractivity contribution in [1.29, 1.82) is 0 Å². The van der Waals surface area contributed by atoms with E-state index in [2.05, 4.69) is 27.4 Å². The van der Waals surface area contributed by atoms with Crippen LogP contribution in [-0.4, -0.2) is 47.4 Å². The minimum absolute atomic E-state index is 0.00583. The lowest BCUT2D eigenvalue weighted by Gasteiger charge is -2.33. The van der Waals surface area contributed by atoms with Gasteiger partial charge in [0, 0.05) is 31.1 Å². The van der Waals surface area contributed by atoms with Crippen LogP contribution in [0.15, 0.2) is 30.5 Å². The topological polar surface area (TPSA) is 68.6 Å². The van der Waals surface area contributed by atoms with Gasteiger partial charge in [0.25, 0.3) is 0 Å². The molecule has 1 aromatic heterocycles. The second-order valence-electron chi connectivity index (χ2n) is 8.79. The molecule has 0 spiro atoms. The van der Waals surface area contributed by atoms with Gasteiger partial charge in [-0.2, -0.15) is 5.10 Å². The van der Waals surface area contributed by atoms with Crippen LogP contribution in [0.5, 0.6) is 11.5 Å². The van der Waals surface area contributed by atoms with Gasteiger partial charge in [0.05, 0.1) is 26.0 Å². The maximum Gasteiger partial charge on any atom is 0.230 e. The van der Waals surface area contributed by atoms with Crippen LogP contribution in [0.2, 0.25) is 0 Å². The predicted octanol–water partition coefficient (Wildman–Crippen LogP) is 4.11. The van der Waals surface area contributed by atoms with Crippen molar-refractivity contribution in [1.82, 2.24) is 14.7 Å². The molecular weight excluding hydrogens is 380 g/mol. The molecule has 164 valence electrons. The number of nitrogens with zero attached hydrogens (tertiary/aromatic N) is 3. The summed E-state index contributed by atoms with van der Waals surface area (Å²) < 4.78 is 13.1. The van der Waals surface area contributed by atoms with Gasteiger partial charge in [-0.05, 0) is 37.5 Å². The number of aromatic nitrogens is 2. The molecule has 1 N–H and O–H groups in total. The van der Waals surface area contributed by atoms with Crippen molar-refractivity contribution in [3.05, 3.63) is 36.0 Å². The maximum atomic E-state index is 12.4. The van der Waals surface area contributed by atoms with E-state index in [4.69, 9.17) is 9.47 Å². The molecule has 0 saturated carbocycles. The number of hydrogen-bond donors (Lipinski definition) is 1. The van der Waals surface area contributed by atoms with Gasteiger partial charge in [0.2, 0.25) is 5.91 Å². The lowest BCUT2D eigenvalue weighted by atomic mass is 9.96. The number of carbonyl (C=O) groups excluding carboxylic acids is 1. The van der Waals surface area contributed by atoms with E-state index in [0.29, 0.717) is 12.6 Å². The van der Waals surface area contributed by atoms with E-state index in [1.165, 1.54) is 5.56 Å². The standard InChI is InChI=1S/C23H34N4O3/c1-6-30-20-15-17(7-8-19(20)29-5)16-26-13-10-18(11-14-26)27-21(9-12-24-27)25-22(28)23(2,3)4/h7-9,12,15,18H,6,10-11,13-14,16H2,1-5H3,(H,25,28). The van der Waals surface area contributed by atoms with E-state index in [-0.39, 0.29) is 5.91 Å². The molecule has 1 aromatic carbocycles. The van der Waals surface area contributed by atoms with Crippen molar-refractivity contribution < 1.29 is 14.3 Å². The van der Waals surface area contributed by atoms with Crippen LogP contribution in [0, 0.1) is 5.41 Å². The first-order chi connectivity index (χ1) is 14.3. The largest absolute Gasteiger partial charge is 0.493 e. The van der Waals surface area contributed by atoms with Gasteiger partial charge < -0.3 is 14.8 Å². The Morgan fingerprint density at radius 3 is 2.57 bits per heavy atom. The molecule has 2 aromatic rings. The lowest BCUT2D eigenvalue weighted by Crippen LogP contribution is -2.35. The maximum absolute atomic E-state index is 12.4. The second-order valence-corrected chi connectivity index (χ2v) is 8.79. The first-order valence-corrected chi connectivity index (χ1v) is 10.7. The van der Waals surface area contributed by atoms with Gasteiger partial charge in [0.1, 0.15) is 5.82 Å². The summed E-state index contributed by atoms with van der Waals surface area (Å²) >= 11 is 0. The molecule has 7 heteroatoms. The number of hydrogen-bond acceptors (Lipinski definition) is 5. The SMILES string of the molecule is CCOc1cc(CN2CCC(n3nccc3NC(=O)C(C)(C)C)CC2)ccc1OC. The lowest BCUT2D eigenvalue weighted by molar-refractivity contribution is -0.123. The van der Waals surface area contributed by atoms with Gasteiger partial charge in [0.15, 0.2) is 11.5 Å². The predicted molar refractivity (Wildman–Crippen MR) is 118 cm³/mol. The molecule has 0 bridgehead atoms. The highest BCUT2D eigenvalue weighted by molar-refractivity contribution is 5.93. The van der Waals surface area contributed by atoms with E-state index < -0.39 is 5.41 Å². The van der Waals surface area contributed by atoms with E-state index in [9.17, 15) is 4.79 Å². The fraction of sp³-hybridized carbons (Fsp3) is 0.565. The smallest absolute Gasteiger partial charge is 0.230 e. The molecule has 0 aliphatic carbocycles. The summed E-state index contributed by atoms with van der Waals surface area (Å²) in [5, 5.41) is 7.52. The van der Waals surface area contributed by atoms with Gasteiger partial charge >= 0.3 is 0 Å². The zero-order valence-corrected chi connectivity index (χ0v) is 18.8. The Balaban J connectivity index is 1.59. The number of nitrogens with one attached hydrogen (secondary N) is 1. The van der Waals surface area contributed by atoms with Crippen molar-refractivity contribution in [3.8, 4) is 11.5 Å². The average Bonchev–Trinajstić information content (AvgIpc) is 3.16. The zero-order chi connectivity index (χ0) is 21.7. The summed E-state index contributed by atoms with van der Waals surface area (Å²) in [6.45, 7) is 11.2. The van der Waals surface area contributed by atoms with Crippen LogP contribution in [0.1, 0.15) is 52.1 Å². The van der Waals surface area contributed by atoms with Crippen molar-refractivity contribution in [3.63, 3.8) is 0 Å². The van der Waals surface area contributed by atoms with Crippen LogP contribution in [0.4, 0.5) is 5.82 Å². The molecular formula is C23H34N4O3. The molecule has 1 saturated heterocycles. The summed E-state index contributed by atoms with van der Waals surface area (Å²) in [7, 11) is 1.66. The molecule has 3 rings (SSSR count). The number of anilines is 1. The van der Waals surface area contributed by atoms with Crippen LogP contribution in [0.3, 0.4) is 0 Å². The molecule has 30 heavy (non-hydrogen) atoms. The van der Waals surface area contributed by atoms with Crippen molar-refractivity contribution in [2.24, 2.45) is 5.41 Å². The number of piperidine rings is 1. The molecule has 1 aliphatic rings. The Morgan fingerprint density at radius 1 is 1.20 bits per heavy atom.